The Kier molecular flexibility index (Phi) is 4.45. The molecule has 1 aromatic carbocycles. The molecule has 0 bridgehead atoms. The SMILES string of the molecule is CNC(c1cc(C)ccc1OC)c1sccc1OC. The summed E-state index contributed by atoms with van der Waals surface area (Å²) < 4.78 is 10.9. The molecule has 0 saturated carbocycles. The molecule has 1 atom stereocenters. The van der Waals surface area contributed by atoms with Gasteiger partial charge in [-0.1, -0.05) is 17.7 Å². The molecule has 0 aliphatic carbocycles. The molecule has 1 unspecified atom stereocenters. The van der Waals surface area contributed by atoms with Crippen LogP contribution in [-0.4, -0.2) is 21.3 Å². The molecule has 1 heterocycles. The molecular formula is C15H19NO2S. The Morgan fingerprint density at radius 1 is 1.11 bits per heavy atom. The lowest BCUT2D eigenvalue weighted by Gasteiger charge is -2.20. The fourth-order valence-electron chi connectivity index (χ4n) is 2.20. The Labute approximate surface area is 118 Å². The molecular weight excluding hydrogens is 258 g/mol. The van der Waals surface area contributed by atoms with Crippen LogP contribution in [0.4, 0.5) is 0 Å². The van der Waals surface area contributed by atoms with E-state index in [4.69, 9.17) is 9.47 Å². The average Bonchev–Trinajstić information content (AvgIpc) is 2.88. The Hall–Kier alpha value is -1.52. The van der Waals surface area contributed by atoms with Crippen molar-refractivity contribution in [2.45, 2.75) is 13.0 Å². The van der Waals surface area contributed by atoms with Crippen molar-refractivity contribution in [1.82, 2.24) is 5.32 Å². The van der Waals surface area contributed by atoms with Crippen LogP contribution in [0.5, 0.6) is 11.5 Å². The minimum atomic E-state index is 0.0739. The Morgan fingerprint density at radius 3 is 2.47 bits per heavy atom. The highest BCUT2D eigenvalue weighted by Crippen LogP contribution is 2.38. The van der Waals surface area contributed by atoms with Crippen molar-refractivity contribution >= 4 is 11.3 Å². The first-order valence-electron chi connectivity index (χ1n) is 6.14. The van der Waals surface area contributed by atoms with Crippen LogP contribution in [0.1, 0.15) is 22.0 Å². The van der Waals surface area contributed by atoms with Gasteiger partial charge in [0.1, 0.15) is 11.5 Å². The predicted molar refractivity (Wildman–Crippen MR) is 79.5 cm³/mol. The summed E-state index contributed by atoms with van der Waals surface area (Å²) in [6.45, 7) is 2.08. The summed E-state index contributed by atoms with van der Waals surface area (Å²) >= 11 is 1.68. The second-order valence-electron chi connectivity index (χ2n) is 4.32. The van der Waals surface area contributed by atoms with Gasteiger partial charge in [-0.25, -0.2) is 0 Å². The lowest BCUT2D eigenvalue weighted by atomic mass is 10.0. The van der Waals surface area contributed by atoms with E-state index in [-0.39, 0.29) is 6.04 Å². The largest absolute Gasteiger partial charge is 0.496 e. The van der Waals surface area contributed by atoms with E-state index in [1.165, 1.54) is 5.56 Å². The number of rotatable bonds is 5. The van der Waals surface area contributed by atoms with Crippen LogP contribution >= 0.6 is 11.3 Å². The zero-order valence-corrected chi connectivity index (χ0v) is 12.5. The second-order valence-corrected chi connectivity index (χ2v) is 5.27. The van der Waals surface area contributed by atoms with Gasteiger partial charge in [0.15, 0.2) is 0 Å². The monoisotopic (exact) mass is 277 g/mol. The fraction of sp³-hybridized carbons (Fsp3) is 0.333. The van der Waals surface area contributed by atoms with Crippen molar-refractivity contribution in [2.75, 3.05) is 21.3 Å². The molecule has 2 rings (SSSR count). The van der Waals surface area contributed by atoms with E-state index in [1.54, 1.807) is 25.6 Å². The second kappa shape index (κ2) is 6.08. The molecule has 0 aliphatic rings. The molecule has 1 aromatic heterocycles. The van der Waals surface area contributed by atoms with Gasteiger partial charge in [-0.2, -0.15) is 0 Å². The summed E-state index contributed by atoms with van der Waals surface area (Å²) in [5, 5.41) is 5.39. The molecule has 0 aliphatic heterocycles. The van der Waals surface area contributed by atoms with Gasteiger partial charge in [0.05, 0.1) is 25.1 Å². The highest BCUT2D eigenvalue weighted by atomic mass is 32.1. The van der Waals surface area contributed by atoms with Crippen molar-refractivity contribution < 1.29 is 9.47 Å². The normalized spacial score (nSPS) is 12.2. The molecule has 0 fully saturated rings. The van der Waals surface area contributed by atoms with Gasteiger partial charge < -0.3 is 14.8 Å². The number of methoxy groups -OCH3 is 2. The van der Waals surface area contributed by atoms with Crippen LogP contribution in [0.3, 0.4) is 0 Å². The van der Waals surface area contributed by atoms with E-state index in [0.717, 1.165) is 21.9 Å². The van der Waals surface area contributed by atoms with Crippen molar-refractivity contribution in [3.8, 4) is 11.5 Å². The van der Waals surface area contributed by atoms with Gasteiger partial charge in [0.2, 0.25) is 0 Å². The Bertz CT molecular complexity index is 551. The van der Waals surface area contributed by atoms with Gasteiger partial charge in [0.25, 0.3) is 0 Å². The predicted octanol–water partition coefficient (Wildman–Crippen LogP) is 3.38. The molecule has 0 spiro atoms. The number of hydrogen-bond donors (Lipinski definition) is 1. The summed E-state index contributed by atoms with van der Waals surface area (Å²) in [4.78, 5) is 1.16. The van der Waals surface area contributed by atoms with Crippen LogP contribution in [0.15, 0.2) is 29.6 Å². The fourth-order valence-corrected chi connectivity index (χ4v) is 3.18. The van der Waals surface area contributed by atoms with Crippen LogP contribution in [0.25, 0.3) is 0 Å². The van der Waals surface area contributed by atoms with Crippen molar-refractivity contribution in [1.29, 1.82) is 0 Å². The van der Waals surface area contributed by atoms with E-state index < -0.39 is 0 Å². The van der Waals surface area contributed by atoms with Gasteiger partial charge in [-0.3, -0.25) is 0 Å². The molecule has 102 valence electrons. The van der Waals surface area contributed by atoms with Gasteiger partial charge >= 0.3 is 0 Å². The molecule has 0 radical (unpaired) electrons. The number of ether oxygens (including phenoxy) is 2. The van der Waals surface area contributed by atoms with Crippen LogP contribution < -0.4 is 14.8 Å². The zero-order valence-electron chi connectivity index (χ0n) is 11.7. The molecule has 19 heavy (non-hydrogen) atoms. The van der Waals surface area contributed by atoms with E-state index in [9.17, 15) is 0 Å². The third-order valence-corrected chi connectivity index (χ3v) is 4.09. The molecule has 3 nitrogen and oxygen atoms in total. The van der Waals surface area contributed by atoms with Gasteiger partial charge in [-0.05, 0) is 31.5 Å². The highest BCUT2D eigenvalue weighted by molar-refractivity contribution is 7.10. The number of aryl methyl sites for hydroxylation is 1. The number of benzene rings is 1. The first-order chi connectivity index (χ1) is 9.21. The van der Waals surface area contributed by atoms with Crippen molar-refractivity contribution in [3.63, 3.8) is 0 Å². The molecule has 1 N–H and O–H groups in total. The lowest BCUT2D eigenvalue weighted by molar-refractivity contribution is 0.398. The van der Waals surface area contributed by atoms with Crippen LogP contribution in [-0.2, 0) is 0 Å². The maximum atomic E-state index is 5.48. The maximum absolute atomic E-state index is 5.48. The highest BCUT2D eigenvalue weighted by Gasteiger charge is 2.21. The summed E-state index contributed by atoms with van der Waals surface area (Å²) in [6.07, 6.45) is 0. The molecule has 2 aromatic rings. The summed E-state index contributed by atoms with van der Waals surface area (Å²) in [5.41, 5.74) is 2.34. The van der Waals surface area contributed by atoms with Crippen molar-refractivity contribution in [3.05, 3.63) is 45.6 Å². The lowest BCUT2D eigenvalue weighted by Crippen LogP contribution is -2.18. The van der Waals surface area contributed by atoms with Gasteiger partial charge in [-0.15, -0.1) is 11.3 Å². The first kappa shape index (κ1) is 13.9. The average molecular weight is 277 g/mol. The smallest absolute Gasteiger partial charge is 0.134 e. The van der Waals surface area contributed by atoms with E-state index in [0.29, 0.717) is 0 Å². The van der Waals surface area contributed by atoms with Gasteiger partial charge in [0, 0.05) is 5.56 Å². The third kappa shape index (κ3) is 2.74. The summed E-state index contributed by atoms with van der Waals surface area (Å²) in [6, 6.07) is 8.28. The van der Waals surface area contributed by atoms with E-state index in [2.05, 4.69) is 24.4 Å². The number of hydrogen-bond acceptors (Lipinski definition) is 4. The Morgan fingerprint density at radius 2 is 1.84 bits per heavy atom. The minimum Gasteiger partial charge on any atom is -0.496 e. The minimum absolute atomic E-state index is 0.0739. The molecule has 0 saturated heterocycles. The third-order valence-electron chi connectivity index (χ3n) is 3.12. The molecule has 4 heteroatoms. The van der Waals surface area contributed by atoms with Crippen LogP contribution in [0.2, 0.25) is 0 Å². The standard InChI is InChI=1S/C15H19NO2S/c1-10-5-6-12(17-3)11(9-10)14(16-2)15-13(18-4)7-8-19-15/h5-9,14,16H,1-4H3. The van der Waals surface area contributed by atoms with E-state index in [1.807, 2.05) is 24.6 Å². The first-order valence-corrected chi connectivity index (χ1v) is 7.02. The van der Waals surface area contributed by atoms with Crippen molar-refractivity contribution in [2.24, 2.45) is 0 Å². The number of nitrogens with one attached hydrogen (secondary N) is 1. The van der Waals surface area contributed by atoms with Crippen LogP contribution in [0, 0.1) is 6.92 Å². The maximum Gasteiger partial charge on any atom is 0.134 e. The quantitative estimate of drug-likeness (QED) is 0.909. The summed E-state index contributed by atoms with van der Waals surface area (Å²) in [7, 11) is 5.35. The summed E-state index contributed by atoms with van der Waals surface area (Å²) in [5.74, 6) is 1.80. The topological polar surface area (TPSA) is 30.5 Å². The zero-order chi connectivity index (χ0) is 13.8. The molecule has 0 amide bonds. The van der Waals surface area contributed by atoms with E-state index >= 15 is 0 Å². The Balaban J connectivity index is 2.50. The number of thiophene rings is 1.